The van der Waals surface area contributed by atoms with Crippen molar-refractivity contribution in [3.8, 4) is 0 Å². The Morgan fingerprint density at radius 3 is 2.04 bits per heavy atom. The molecule has 2 heterocycles. The summed E-state index contributed by atoms with van der Waals surface area (Å²) in [5.41, 5.74) is -1.02. The molecule has 0 aromatic carbocycles. The van der Waals surface area contributed by atoms with Crippen LogP contribution in [-0.4, -0.2) is 101 Å². The van der Waals surface area contributed by atoms with Crippen LogP contribution in [0.2, 0.25) is 0 Å². The molecule has 12 heteroatoms. The van der Waals surface area contributed by atoms with Crippen molar-refractivity contribution in [2.75, 3.05) is 19.6 Å². The van der Waals surface area contributed by atoms with Gasteiger partial charge in [0.15, 0.2) is 0 Å². The molecule has 5 amide bonds. The Hall–Kier alpha value is -3.02. The minimum absolute atomic E-state index is 0.0168. The summed E-state index contributed by atoms with van der Waals surface area (Å²) < 4.78 is 0. The van der Waals surface area contributed by atoms with Gasteiger partial charge in [0.2, 0.25) is 29.4 Å². The largest absolute Gasteiger partial charge is 0.347 e. The van der Waals surface area contributed by atoms with E-state index in [-0.39, 0.29) is 51.8 Å². The van der Waals surface area contributed by atoms with Crippen molar-refractivity contribution in [3.63, 3.8) is 0 Å². The number of amides is 5. The molecule has 0 aromatic heterocycles. The van der Waals surface area contributed by atoms with Gasteiger partial charge in [0.1, 0.15) is 18.1 Å². The quantitative estimate of drug-likeness (QED) is 0.185. The van der Waals surface area contributed by atoms with E-state index in [9.17, 15) is 24.0 Å². The summed E-state index contributed by atoms with van der Waals surface area (Å²) in [4.78, 5) is 88.7. The van der Waals surface area contributed by atoms with E-state index in [1.165, 1.54) is 19.3 Å². The Labute approximate surface area is 340 Å². The van der Waals surface area contributed by atoms with Gasteiger partial charge in [0.25, 0.3) is 5.91 Å². The number of nitrogens with zero attached hydrogens (tertiary/aromatic N) is 2. The molecule has 0 unspecified atom stereocenters. The molecule has 12 nitrogen and oxygen atoms in total. The molecule has 7 rings (SSSR count). The van der Waals surface area contributed by atoms with Gasteiger partial charge in [-0.3, -0.25) is 33.7 Å². The molecule has 2 spiro atoms. The van der Waals surface area contributed by atoms with Crippen LogP contribution in [0.1, 0.15) is 157 Å². The van der Waals surface area contributed by atoms with Crippen LogP contribution < -0.4 is 21.3 Å². The Morgan fingerprint density at radius 1 is 0.772 bits per heavy atom. The van der Waals surface area contributed by atoms with Gasteiger partial charge < -0.3 is 26.2 Å². The van der Waals surface area contributed by atoms with E-state index in [1.54, 1.807) is 4.90 Å². The first-order chi connectivity index (χ1) is 27.0. The number of piperidine rings is 1. The lowest BCUT2D eigenvalue weighted by molar-refractivity contribution is -0.145. The molecule has 2 aliphatic heterocycles. The number of fused-ring (bicyclic) bond motifs is 1. The van der Waals surface area contributed by atoms with Crippen LogP contribution in [0.4, 0.5) is 0 Å². The molecule has 7 aliphatic rings. The zero-order valence-corrected chi connectivity index (χ0v) is 35.8. The highest BCUT2D eigenvalue weighted by Crippen LogP contribution is 2.88. The zero-order valence-electron chi connectivity index (χ0n) is 35.8. The summed E-state index contributed by atoms with van der Waals surface area (Å²) in [5.74, 6) is -2.63. The number of ketones is 1. The molecule has 318 valence electrons. The summed E-state index contributed by atoms with van der Waals surface area (Å²) in [6.45, 7) is 14.4. The van der Waals surface area contributed by atoms with Crippen molar-refractivity contribution in [2.45, 2.75) is 193 Å². The van der Waals surface area contributed by atoms with Crippen molar-refractivity contribution in [1.29, 1.82) is 0 Å². The maximum absolute atomic E-state index is 15.2. The molecule has 2 saturated heterocycles. The van der Waals surface area contributed by atoms with Crippen LogP contribution in [0.25, 0.3) is 0 Å². The topological polar surface area (TPSA) is 157 Å². The Morgan fingerprint density at radius 2 is 1.47 bits per heavy atom. The number of carbonyl (C=O) groups excluding carboxylic acids is 6. The number of rotatable bonds is 14. The smallest absolute Gasteiger partial charge is 0.289 e. The van der Waals surface area contributed by atoms with Crippen molar-refractivity contribution in [3.05, 3.63) is 0 Å². The third-order valence-corrected chi connectivity index (χ3v) is 16.3. The molecule has 0 bridgehead atoms. The summed E-state index contributed by atoms with van der Waals surface area (Å²) in [5, 5.41) is 12.1. The van der Waals surface area contributed by atoms with E-state index in [2.05, 4.69) is 40.0 Å². The van der Waals surface area contributed by atoms with Gasteiger partial charge in [-0.2, -0.15) is 0 Å². The molecule has 0 aromatic rings. The van der Waals surface area contributed by atoms with Crippen molar-refractivity contribution in [1.82, 2.24) is 31.1 Å². The predicted octanol–water partition coefficient (Wildman–Crippen LogP) is 4.78. The maximum Gasteiger partial charge on any atom is 0.289 e. The molecule has 7 fully saturated rings. The molecular weight excluding hydrogens is 721 g/mol. The number of nitrogens with one attached hydrogen (secondary N) is 4. The lowest BCUT2D eigenvalue weighted by Crippen LogP contribution is -2.62. The fraction of sp³-hybridized carbons (Fsp3) is 0.867. The van der Waals surface area contributed by atoms with Gasteiger partial charge in [0.05, 0.1) is 12.0 Å². The van der Waals surface area contributed by atoms with E-state index >= 15 is 4.79 Å². The van der Waals surface area contributed by atoms with E-state index in [1.807, 2.05) is 27.7 Å². The number of Topliss-reactive ketones (excluding diaryl/α,β-unsaturated/α-hetero) is 1. The maximum atomic E-state index is 15.2. The second-order valence-corrected chi connectivity index (χ2v) is 20.9. The van der Waals surface area contributed by atoms with E-state index in [0.717, 1.165) is 90.1 Å². The molecule has 4 N–H and O–H groups in total. The standard InChI is InChI=1S/C45H72N6O6/c1-7-14-32(35(52)40(56)46-30-20-21-30)47-38(54)33-25-45(43(5,6)44(45)22-13-23-44)27-51(33)41(57)36(42(2,3)4)49-39(55)34(28-15-9-8-10-16-28)48-37(53)29-17-12-24-50(26-29)31-18-11-19-31/h28-34,36H,7-27H2,1-6H3,(H,46,56)(H,47,54)(H,48,53)(H,49,55)/t29-,32+,33+,34+,36-,45-/m1/s1. The van der Waals surface area contributed by atoms with Crippen LogP contribution in [0.5, 0.6) is 0 Å². The normalized spacial score (nSPS) is 30.0. The molecule has 0 radical (unpaired) electrons. The second kappa shape index (κ2) is 16.2. The highest BCUT2D eigenvalue weighted by Gasteiger charge is 2.85. The van der Waals surface area contributed by atoms with Gasteiger partial charge in [-0.1, -0.05) is 80.1 Å². The highest BCUT2D eigenvalue weighted by molar-refractivity contribution is 6.38. The zero-order chi connectivity index (χ0) is 40.9. The Balaban J connectivity index is 1.11. The van der Waals surface area contributed by atoms with Crippen molar-refractivity contribution >= 4 is 35.3 Å². The lowest BCUT2D eigenvalue weighted by atomic mass is 9.73. The first kappa shape index (κ1) is 42.1. The van der Waals surface area contributed by atoms with E-state index < -0.39 is 47.2 Å². The predicted molar refractivity (Wildman–Crippen MR) is 217 cm³/mol. The number of carbonyl (C=O) groups is 6. The van der Waals surface area contributed by atoms with Gasteiger partial charge >= 0.3 is 0 Å². The minimum atomic E-state index is -0.984. The monoisotopic (exact) mass is 793 g/mol. The fourth-order valence-electron chi connectivity index (χ4n) is 12.0. The van der Waals surface area contributed by atoms with Crippen LogP contribution in [0, 0.1) is 33.5 Å². The second-order valence-electron chi connectivity index (χ2n) is 20.9. The molecular formula is C45H72N6O6. The summed E-state index contributed by atoms with van der Waals surface area (Å²) in [7, 11) is 0. The van der Waals surface area contributed by atoms with Crippen molar-refractivity contribution in [2.24, 2.45) is 33.5 Å². The third kappa shape index (κ3) is 7.90. The SMILES string of the molecule is CCC[C@H](NC(=O)[C@@H]1C[C@@]2(CN1C(=O)[C@@H](NC(=O)[C@@H](NC(=O)[C@@H]1CCCN(C3CCC3)C1)C1CCCCC1)C(C)(C)C)C(C)(C)C21CCC1)C(=O)C(=O)NC1CC1. The average molecular weight is 793 g/mol. The highest BCUT2D eigenvalue weighted by atomic mass is 16.2. The third-order valence-electron chi connectivity index (χ3n) is 16.3. The van der Waals surface area contributed by atoms with Crippen LogP contribution in [-0.2, 0) is 28.8 Å². The van der Waals surface area contributed by atoms with Gasteiger partial charge in [-0.25, -0.2) is 0 Å². The molecule has 6 atom stereocenters. The summed E-state index contributed by atoms with van der Waals surface area (Å²) >= 11 is 0. The molecule has 57 heavy (non-hydrogen) atoms. The first-order valence-corrected chi connectivity index (χ1v) is 22.8. The number of hydrogen-bond acceptors (Lipinski definition) is 7. The fourth-order valence-corrected chi connectivity index (χ4v) is 12.0. The average Bonchev–Trinajstić information content (AvgIpc) is 3.96. The van der Waals surface area contributed by atoms with Crippen LogP contribution in [0.3, 0.4) is 0 Å². The van der Waals surface area contributed by atoms with Gasteiger partial charge in [0, 0.05) is 30.6 Å². The Kier molecular flexibility index (Phi) is 12.0. The first-order valence-electron chi connectivity index (χ1n) is 22.8. The van der Waals surface area contributed by atoms with Crippen LogP contribution >= 0.6 is 0 Å². The van der Waals surface area contributed by atoms with E-state index in [4.69, 9.17) is 0 Å². The Bertz CT molecular complexity index is 1570. The van der Waals surface area contributed by atoms with Crippen LogP contribution in [0.15, 0.2) is 0 Å². The number of likely N-dealkylation sites (tertiary alicyclic amines) is 2. The minimum Gasteiger partial charge on any atom is -0.347 e. The molecule has 5 aliphatic carbocycles. The number of hydrogen-bond donors (Lipinski definition) is 4. The van der Waals surface area contributed by atoms with Gasteiger partial charge in [-0.15, -0.1) is 0 Å². The summed E-state index contributed by atoms with van der Waals surface area (Å²) in [6.07, 6.45) is 16.5. The van der Waals surface area contributed by atoms with Crippen molar-refractivity contribution < 1.29 is 28.8 Å². The van der Waals surface area contributed by atoms with Gasteiger partial charge in [-0.05, 0) is 106 Å². The van der Waals surface area contributed by atoms with E-state index in [0.29, 0.717) is 31.8 Å². The molecule has 5 saturated carbocycles. The lowest BCUT2D eigenvalue weighted by Gasteiger charge is -2.42. The summed E-state index contributed by atoms with van der Waals surface area (Å²) in [6, 6.07) is -2.96.